The third-order valence-corrected chi connectivity index (χ3v) is 6.98. The average Bonchev–Trinajstić information content (AvgIpc) is 3.17. The molecule has 3 aromatic rings. The fourth-order valence-corrected chi connectivity index (χ4v) is 4.87. The summed E-state index contributed by atoms with van der Waals surface area (Å²) in [5.41, 5.74) is 2.70. The highest BCUT2D eigenvalue weighted by molar-refractivity contribution is 7.91. The predicted octanol–water partition coefficient (Wildman–Crippen LogP) is 4.71. The lowest BCUT2D eigenvalue weighted by atomic mass is 10.2. The Morgan fingerprint density at radius 1 is 1.10 bits per heavy atom. The molecule has 1 amide bonds. The Bertz CT molecular complexity index is 1090. The third-order valence-electron chi connectivity index (χ3n) is 4.41. The molecule has 3 rings (SSSR count). The second kappa shape index (κ2) is 9.86. The average molecular weight is 445 g/mol. The van der Waals surface area contributed by atoms with E-state index in [2.05, 4.69) is 10.3 Å². The van der Waals surface area contributed by atoms with Gasteiger partial charge < -0.3 is 10.1 Å². The van der Waals surface area contributed by atoms with Gasteiger partial charge in [-0.2, -0.15) is 0 Å². The smallest absolute Gasteiger partial charge is 0.226 e. The number of hydrogen-bond donors (Lipinski definition) is 1. The highest BCUT2D eigenvalue weighted by atomic mass is 32.2. The van der Waals surface area contributed by atoms with Gasteiger partial charge in [-0.1, -0.05) is 17.7 Å². The van der Waals surface area contributed by atoms with Crippen molar-refractivity contribution in [3.05, 3.63) is 59.5 Å². The molecular weight excluding hydrogens is 420 g/mol. The van der Waals surface area contributed by atoms with Crippen molar-refractivity contribution in [2.24, 2.45) is 0 Å². The van der Waals surface area contributed by atoms with E-state index < -0.39 is 9.84 Å². The van der Waals surface area contributed by atoms with Gasteiger partial charge in [0.05, 0.1) is 22.9 Å². The standard InChI is InChI=1S/C22H24N2O4S2/c1-3-28-18-10-8-17(9-11-18)20-15-29-22(23-20)24-21(25)5-4-14-30(26,27)19-12-6-16(2)7-13-19/h6-13,15H,3-5,14H2,1-2H3,(H,23,24,25). The maximum atomic E-state index is 12.4. The predicted molar refractivity (Wildman–Crippen MR) is 120 cm³/mol. The Morgan fingerprint density at radius 3 is 2.47 bits per heavy atom. The molecule has 1 N–H and O–H groups in total. The van der Waals surface area contributed by atoms with E-state index in [0.717, 1.165) is 22.6 Å². The number of ether oxygens (including phenoxy) is 1. The summed E-state index contributed by atoms with van der Waals surface area (Å²) in [6.07, 6.45) is 0.363. The van der Waals surface area contributed by atoms with E-state index in [1.807, 2.05) is 43.5 Å². The van der Waals surface area contributed by atoms with Crippen LogP contribution < -0.4 is 10.1 Å². The molecule has 0 spiro atoms. The van der Waals surface area contributed by atoms with Crippen molar-refractivity contribution in [2.75, 3.05) is 17.7 Å². The summed E-state index contributed by atoms with van der Waals surface area (Å²) in [4.78, 5) is 16.9. The highest BCUT2D eigenvalue weighted by Gasteiger charge is 2.15. The Balaban J connectivity index is 1.51. The molecule has 0 fully saturated rings. The molecule has 0 saturated heterocycles. The molecule has 6 nitrogen and oxygen atoms in total. The molecule has 30 heavy (non-hydrogen) atoms. The molecule has 1 heterocycles. The van der Waals surface area contributed by atoms with Gasteiger partial charge in [0.25, 0.3) is 0 Å². The zero-order valence-electron chi connectivity index (χ0n) is 16.9. The van der Waals surface area contributed by atoms with Crippen molar-refractivity contribution in [3.63, 3.8) is 0 Å². The first-order valence-corrected chi connectivity index (χ1v) is 12.2. The molecule has 0 saturated carbocycles. The van der Waals surface area contributed by atoms with Crippen LogP contribution in [0.4, 0.5) is 5.13 Å². The van der Waals surface area contributed by atoms with Gasteiger partial charge in [0.1, 0.15) is 5.75 Å². The van der Waals surface area contributed by atoms with Crippen LogP contribution in [0.1, 0.15) is 25.3 Å². The highest BCUT2D eigenvalue weighted by Crippen LogP contribution is 2.26. The van der Waals surface area contributed by atoms with E-state index in [0.29, 0.717) is 11.7 Å². The van der Waals surface area contributed by atoms with Crippen LogP contribution >= 0.6 is 11.3 Å². The van der Waals surface area contributed by atoms with Crippen LogP contribution in [0.15, 0.2) is 58.8 Å². The zero-order chi connectivity index (χ0) is 21.6. The van der Waals surface area contributed by atoms with Crippen molar-refractivity contribution in [1.29, 1.82) is 0 Å². The molecule has 2 aromatic carbocycles. The molecule has 0 unspecified atom stereocenters. The number of nitrogens with one attached hydrogen (secondary N) is 1. The number of aromatic nitrogens is 1. The van der Waals surface area contributed by atoms with Crippen molar-refractivity contribution in [1.82, 2.24) is 4.98 Å². The SMILES string of the molecule is CCOc1ccc(-c2csc(NC(=O)CCCS(=O)(=O)c3ccc(C)cc3)n2)cc1. The van der Waals surface area contributed by atoms with Gasteiger partial charge >= 0.3 is 0 Å². The van der Waals surface area contributed by atoms with Crippen molar-refractivity contribution < 1.29 is 17.9 Å². The van der Waals surface area contributed by atoms with Crippen LogP contribution in [-0.2, 0) is 14.6 Å². The molecule has 0 radical (unpaired) electrons. The summed E-state index contributed by atoms with van der Waals surface area (Å²) in [6, 6.07) is 14.3. The quantitative estimate of drug-likeness (QED) is 0.517. The minimum atomic E-state index is -3.39. The van der Waals surface area contributed by atoms with Crippen LogP contribution in [0.25, 0.3) is 11.3 Å². The lowest BCUT2D eigenvalue weighted by Gasteiger charge is -2.05. The van der Waals surface area contributed by atoms with Gasteiger partial charge in [-0.3, -0.25) is 4.79 Å². The van der Waals surface area contributed by atoms with Crippen LogP contribution in [0.3, 0.4) is 0 Å². The topological polar surface area (TPSA) is 85.4 Å². The number of carbonyl (C=O) groups is 1. The summed E-state index contributed by atoms with van der Waals surface area (Å²) in [5.74, 6) is 0.478. The third kappa shape index (κ3) is 5.90. The molecule has 158 valence electrons. The van der Waals surface area contributed by atoms with Gasteiger partial charge in [-0.15, -0.1) is 11.3 Å². The molecule has 0 aliphatic carbocycles. The summed E-state index contributed by atoms with van der Waals surface area (Å²) in [6.45, 7) is 4.44. The first-order chi connectivity index (χ1) is 14.4. The summed E-state index contributed by atoms with van der Waals surface area (Å²) < 4.78 is 30.1. The molecule has 1 aromatic heterocycles. The number of amides is 1. The van der Waals surface area contributed by atoms with E-state index in [4.69, 9.17) is 4.74 Å². The fourth-order valence-electron chi connectivity index (χ4n) is 2.82. The van der Waals surface area contributed by atoms with Gasteiger partial charge in [0.15, 0.2) is 15.0 Å². The molecule has 0 atom stereocenters. The maximum Gasteiger partial charge on any atom is 0.226 e. The molecular formula is C22H24N2O4S2. The van der Waals surface area contributed by atoms with E-state index in [1.54, 1.807) is 24.3 Å². The van der Waals surface area contributed by atoms with E-state index in [9.17, 15) is 13.2 Å². The Hall–Kier alpha value is -2.71. The minimum Gasteiger partial charge on any atom is -0.494 e. The van der Waals surface area contributed by atoms with Gasteiger partial charge in [0, 0.05) is 17.4 Å². The monoisotopic (exact) mass is 444 g/mol. The summed E-state index contributed by atoms with van der Waals surface area (Å²) in [5, 5.41) is 5.11. The number of carbonyl (C=O) groups excluding carboxylic acids is 1. The van der Waals surface area contributed by atoms with Gasteiger partial charge in [-0.25, -0.2) is 13.4 Å². The van der Waals surface area contributed by atoms with Gasteiger partial charge in [0.2, 0.25) is 5.91 Å². The second-order valence-electron chi connectivity index (χ2n) is 6.78. The fraction of sp³-hybridized carbons (Fsp3) is 0.273. The summed E-state index contributed by atoms with van der Waals surface area (Å²) >= 11 is 1.33. The molecule has 0 aliphatic rings. The summed E-state index contributed by atoms with van der Waals surface area (Å²) in [7, 11) is -3.39. The number of aryl methyl sites for hydroxylation is 1. The Labute approximate surface area is 180 Å². The van der Waals surface area contributed by atoms with Crippen LogP contribution in [0.5, 0.6) is 5.75 Å². The second-order valence-corrected chi connectivity index (χ2v) is 9.75. The van der Waals surface area contributed by atoms with Gasteiger partial charge in [-0.05, 0) is 56.7 Å². The van der Waals surface area contributed by atoms with E-state index >= 15 is 0 Å². The zero-order valence-corrected chi connectivity index (χ0v) is 18.6. The number of hydrogen-bond acceptors (Lipinski definition) is 6. The lowest BCUT2D eigenvalue weighted by molar-refractivity contribution is -0.116. The van der Waals surface area contributed by atoms with Crippen molar-refractivity contribution in [2.45, 2.75) is 31.6 Å². The normalized spacial score (nSPS) is 11.3. The molecule has 0 bridgehead atoms. The largest absolute Gasteiger partial charge is 0.494 e. The number of nitrogens with zero attached hydrogens (tertiary/aromatic N) is 1. The number of thiazole rings is 1. The Morgan fingerprint density at radius 2 is 1.80 bits per heavy atom. The number of benzene rings is 2. The van der Waals surface area contributed by atoms with Crippen LogP contribution in [-0.4, -0.2) is 31.7 Å². The van der Waals surface area contributed by atoms with E-state index in [1.165, 1.54) is 11.3 Å². The van der Waals surface area contributed by atoms with Crippen LogP contribution in [0.2, 0.25) is 0 Å². The first kappa shape index (κ1) is 22.0. The van der Waals surface area contributed by atoms with Crippen molar-refractivity contribution >= 4 is 32.2 Å². The first-order valence-electron chi connectivity index (χ1n) is 9.65. The number of rotatable bonds is 9. The Kier molecular flexibility index (Phi) is 7.23. The van der Waals surface area contributed by atoms with Crippen LogP contribution in [0, 0.1) is 6.92 Å². The lowest BCUT2D eigenvalue weighted by Crippen LogP contribution is -2.14. The molecule has 0 aliphatic heterocycles. The minimum absolute atomic E-state index is 0.0707. The maximum absolute atomic E-state index is 12.4. The molecule has 8 heteroatoms. The van der Waals surface area contributed by atoms with E-state index in [-0.39, 0.29) is 29.4 Å². The van der Waals surface area contributed by atoms with Crippen molar-refractivity contribution in [3.8, 4) is 17.0 Å². The number of sulfone groups is 1. The number of anilines is 1.